The van der Waals surface area contributed by atoms with Crippen LogP contribution in [0.2, 0.25) is 0 Å². The van der Waals surface area contributed by atoms with Crippen molar-refractivity contribution in [3.8, 4) is 0 Å². The largest absolute Gasteiger partial charge is 0.355 e. The third-order valence-corrected chi connectivity index (χ3v) is 9.20. The van der Waals surface area contributed by atoms with Crippen molar-refractivity contribution < 1.29 is 0 Å². The van der Waals surface area contributed by atoms with Gasteiger partial charge in [-0.25, -0.2) is 9.97 Å². The summed E-state index contributed by atoms with van der Waals surface area (Å²) in [7, 11) is 0. The molecule has 1 unspecified atom stereocenters. The molecule has 2 aliphatic heterocycles. The van der Waals surface area contributed by atoms with Crippen LogP contribution in [0.3, 0.4) is 0 Å². The fourth-order valence-electron chi connectivity index (χ4n) is 6.71. The molecule has 0 amide bonds. The summed E-state index contributed by atoms with van der Waals surface area (Å²) < 4.78 is 0. The molecule has 0 radical (unpaired) electrons. The number of aromatic nitrogens is 4. The number of unbranched alkanes of at least 4 members (excludes halogenated alkanes) is 13. The van der Waals surface area contributed by atoms with Crippen LogP contribution in [-0.4, -0.2) is 19.9 Å². The highest BCUT2D eigenvalue weighted by Crippen LogP contribution is 2.33. The molecule has 234 valence electrons. The zero-order valence-corrected chi connectivity index (χ0v) is 27.3. The van der Waals surface area contributed by atoms with Gasteiger partial charge in [0, 0.05) is 22.1 Å². The van der Waals surface area contributed by atoms with Gasteiger partial charge in [0.05, 0.1) is 22.8 Å². The Hall–Kier alpha value is -3.40. The Labute approximate surface area is 265 Å². The minimum atomic E-state index is 0.567. The van der Waals surface area contributed by atoms with Crippen molar-refractivity contribution in [3.63, 3.8) is 0 Å². The van der Waals surface area contributed by atoms with E-state index in [0.717, 1.165) is 39.3 Å². The van der Waals surface area contributed by atoms with Gasteiger partial charge in [-0.3, -0.25) is 0 Å². The maximum atomic E-state index is 4.95. The first kappa shape index (κ1) is 32.0. The van der Waals surface area contributed by atoms with Crippen molar-refractivity contribution in [2.24, 2.45) is 0 Å². The zero-order valence-electron chi connectivity index (χ0n) is 27.3. The molecule has 0 aromatic carbocycles. The minimum Gasteiger partial charge on any atom is -0.355 e. The highest BCUT2D eigenvalue weighted by molar-refractivity contribution is 5.78. The molecule has 0 fully saturated rings. The lowest BCUT2D eigenvalue weighted by molar-refractivity contribution is 0.486. The maximum absolute atomic E-state index is 4.95. The first-order chi connectivity index (χ1) is 21.7. The topological polar surface area (TPSA) is 57.4 Å². The molecule has 1 atom stereocenters. The van der Waals surface area contributed by atoms with Gasteiger partial charge in [-0.1, -0.05) is 110 Å². The summed E-state index contributed by atoms with van der Waals surface area (Å²) in [4.78, 5) is 17.1. The number of fused-ring (bicyclic) bond motifs is 8. The van der Waals surface area contributed by atoms with E-state index in [9.17, 15) is 0 Å². The summed E-state index contributed by atoms with van der Waals surface area (Å²) in [6, 6.07) is 15.4. The molecule has 8 bridgehead atoms. The van der Waals surface area contributed by atoms with Gasteiger partial charge in [0.15, 0.2) is 0 Å². The van der Waals surface area contributed by atoms with E-state index in [1.54, 1.807) is 0 Å². The highest BCUT2D eigenvalue weighted by Gasteiger charge is 2.16. The van der Waals surface area contributed by atoms with E-state index in [2.05, 4.69) is 90.6 Å². The molecule has 2 aliphatic rings. The van der Waals surface area contributed by atoms with E-state index in [-0.39, 0.29) is 0 Å². The molecule has 3 aromatic heterocycles. The molecule has 4 heteroatoms. The van der Waals surface area contributed by atoms with Crippen LogP contribution < -0.4 is 0 Å². The summed E-state index contributed by atoms with van der Waals surface area (Å²) in [6.07, 6.45) is 31.4. The molecule has 5 heterocycles. The monoisotopic (exact) mass is 590 g/mol. The average Bonchev–Trinajstić information content (AvgIpc) is 3.83. The fourth-order valence-corrected chi connectivity index (χ4v) is 6.71. The molecule has 0 spiro atoms. The molecular weight excluding hydrogens is 536 g/mol. The van der Waals surface area contributed by atoms with Gasteiger partial charge in [-0.15, -0.1) is 0 Å². The second-order valence-corrected chi connectivity index (χ2v) is 13.0. The van der Waals surface area contributed by atoms with Crippen molar-refractivity contribution in [2.75, 3.05) is 0 Å². The molecule has 5 rings (SSSR count). The van der Waals surface area contributed by atoms with E-state index in [1.807, 2.05) is 0 Å². The molecule has 44 heavy (non-hydrogen) atoms. The van der Waals surface area contributed by atoms with Gasteiger partial charge in [-0.2, -0.15) is 0 Å². The van der Waals surface area contributed by atoms with Gasteiger partial charge in [-0.05, 0) is 91.1 Å². The minimum absolute atomic E-state index is 0.567. The van der Waals surface area contributed by atoms with Crippen LogP contribution in [0.5, 0.6) is 0 Å². The van der Waals surface area contributed by atoms with Crippen molar-refractivity contribution in [1.29, 1.82) is 0 Å². The van der Waals surface area contributed by atoms with Gasteiger partial charge in [0.1, 0.15) is 0 Å². The number of nitrogens with one attached hydrogen (secondary N) is 2. The predicted octanol–water partition coefficient (Wildman–Crippen LogP) is 12.4. The third-order valence-electron chi connectivity index (χ3n) is 9.20. The molecule has 2 N–H and O–H groups in total. The maximum Gasteiger partial charge on any atom is 0.0659 e. The van der Waals surface area contributed by atoms with Crippen LogP contribution in [0, 0.1) is 0 Å². The predicted molar refractivity (Wildman–Crippen MR) is 191 cm³/mol. The van der Waals surface area contributed by atoms with E-state index in [4.69, 9.17) is 9.97 Å². The summed E-state index contributed by atoms with van der Waals surface area (Å²) in [5, 5.41) is 0. The van der Waals surface area contributed by atoms with Crippen LogP contribution >= 0.6 is 0 Å². The molecule has 3 aromatic rings. The van der Waals surface area contributed by atoms with E-state index < -0.39 is 0 Å². The van der Waals surface area contributed by atoms with Crippen LogP contribution in [0.25, 0.3) is 46.4 Å². The lowest BCUT2D eigenvalue weighted by Crippen LogP contribution is -1.99. The van der Waals surface area contributed by atoms with Crippen LogP contribution in [-0.2, 0) is 0 Å². The van der Waals surface area contributed by atoms with Crippen molar-refractivity contribution >= 4 is 46.4 Å². The quantitative estimate of drug-likeness (QED) is 0.0997. The number of H-pyrrole nitrogens is 2. The SMILES string of the molecule is CCCCCCCCCCCC(CCCCCCCC)c1cc2cc3ccc(cc4nc(cc5nc(cc1[nH]2)C=C5)C=C4)[nH]3. The number of hydrogen-bond donors (Lipinski definition) is 2. The van der Waals surface area contributed by atoms with Gasteiger partial charge in [0.2, 0.25) is 0 Å². The van der Waals surface area contributed by atoms with E-state index in [0.29, 0.717) is 5.92 Å². The lowest BCUT2D eigenvalue weighted by Gasteiger charge is -2.17. The summed E-state index contributed by atoms with van der Waals surface area (Å²) in [6.45, 7) is 4.60. The van der Waals surface area contributed by atoms with Crippen LogP contribution in [0.15, 0.2) is 42.5 Å². The third kappa shape index (κ3) is 9.81. The second-order valence-electron chi connectivity index (χ2n) is 13.0. The molecule has 0 saturated carbocycles. The number of aromatic amines is 2. The van der Waals surface area contributed by atoms with Gasteiger partial charge in [0.25, 0.3) is 0 Å². The second kappa shape index (κ2) is 17.2. The fraction of sp³-hybridized carbons (Fsp3) is 0.500. The Morgan fingerprint density at radius 1 is 0.477 bits per heavy atom. The van der Waals surface area contributed by atoms with Crippen molar-refractivity contribution in [1.82, 2.24) is 19.9 Å². The standard InChI is InChI=1S/C40H54N4/c1-3-5-7-9-11-12-13-15-17-19-31(18-16-14-10-8-6-4-2)39-29-38-28-36-23-22-34(42-36)26-32-20-21-33(41-32)27-35-24-25-37(43-35)30-40(39)44-38/h20-31,42,44H,3-19H2,1-2H3. The van der Waals surface area contributed by atoms with Gasteiger partial charge >= 0.3 is 0 Å². The van der Waals surface area contributed by atoms with Crippen molar-refractivity contribution in [2.45, 2.75) is 129 Å². The summed E-state index contributed by atoms with van der Waals surface area (Å²) >= 11 is 0. The number of hydrogen-bond acceptors (Lipinski definition) is 2. The van der Waals surface area contributed by atoms with Crippen LogP contribution in [0.1, 0.15) is 157 Å². The smallest absolute Gasteiger partial charge is 0.0659 e. The Balaban J connectivity index is 1.41. The zero-order chi connectivity index (χ0) is 30.4. The Morgan fingerprint density at radius 2 is 0.955 bits per heavy atom. The van der Waals surface area contributed by atoms with Gasteiger partial charge < -0.3 is 9.97 Å². The number of nitrogens with zero attached hydrogens (tertiary/aromatic N) is 2. The molecule has 0 saturated heterocycles. The lowest BCUT2D eigenvalue weighted by atomic mass is 9.88. The Bertz CT molecular complexity index is 1540. The van der Waals surface area contributed by atoms with E-state index in [1.165, 1.54) is 120 Å². The molecule has 0 aliphatic carbocycles. The highest BCUT2D eigenvalue weighted by atomic mass is 14.8. The summed E-state index contributed by atoms with van der Waals surface area (Å²) in [5.41, 5.74) is 9.83. The Kier molecular flexibility index (Phi) is 12.5. The van der Waals surface area contributed by atoms with Crippen molar-refractivity contribution in [3.05, 3.63) is 70.8 Å². The average molecular weight is 591 g/mol. The normalized spacial score (nSPS) is 13.1. The Morgan fingerprint density at radius 3 is 1.52 bits per heavy atom. The van der Waals surface area contributed by atoms with E-state index >= 15 is 0 Å². The number of rotatable bonds is 18. The molecular formula is C40H54N4. The summed E-state index contributed by atoms with van der Waals surface area (Å²) in [5.74, 6) is 0.567. The molecule has 4 nitrogen and oxygen atoms in total. The first-order valence-corrected chi connectivity index (χ1v) is 17.8. The van der Waals surface area contributed by atoms with Crippen LogP contribution in [0.4, 0.5) is 0 Å². The first-order valence-electron chi connectivity index (χ1n) is 17.8.